The third-order valence-electron chi connectivity index (χ3n) is 3.39. The summed E-state index contributed by atoms with van der Waals surface area (Å²) < 4.78 is 0. The topological polar surface area (TPSA) is 28.2 Å². The molecule has 1 aliphatic heterocycles. The first-order chi connectivity index (χ1) is 7.74. The van der Waals surface area contributed by atoms with Gasteiger partial charge in [-0.3, -0.25) is 4.90 Å². The summed E-state index contributed by atoms with van der Waals surface area (Å²) in [5.41, 5.74) is 1.34. The van der Waals surface area contributed by atoms with Crippen molar-refractivity contribution < 1.29 is 0 Å². The molecule has 3 nitrogen and oxygen atoms in total. The zero-order valence-corrected chi connectivity index (χ0v) is 10.4. The van der Waals surface area contributed by atoms with E-state index in [0.717, 1.165) is 5.82 Å². The van der Waals surface area contributed by atoms with Gasteiger partial charge >= 0.3 is 0 Å². The average Bonchev–Trinajstić information content (AvgIpc) is 2.77. The van der Waals surface area contributed by atoms with Crippen LogP contribution < -0.4 is 5.32 Å². The van der Waals surface area contributed by atoms with Gasteiger partial charge in [0.2, 0.25) is 0 Å². The number of pyridine rings is 1. The fourth-order valence-electron chi connectivity index (χ4n) is 2.64. The predicted octanol–water partition coefficient (Wildman–Crippen LogP) is 2.67. The SMILES string of the molecule is CNc1ncccc1[C@H]1CCCN1C(C)C. The minimum absolute atomic E-state index is 0.538. The summed E-state index contributed by atoms with van der Waals surface area (Å²) in [5.74, 6) is 1.03. The molecule has 16 heavy (non-hydrogen) atoms. The summed E-state index contributed by atoms with van der Waals surface area (Å²) in [6.07, 6.45) is 4.39. The first-order valence-corrected chi connectivity index (χ1v) is 6.12. The van der Waals surface area contributed by atoms with Crippen LogP contribution in [0.25, 0.3) is 0 Å². The molecule has 88 valence electrons. The molecule has 0 spiro atoms. The maximum atomic E-state index is 4.40. The predicted molar refractivity (Wildman–Crippen MR) is 67.6 cm³/mol. The number of rotatable bonds is 3. The Morgan fingerprint density at radius 3 is 3.00 bits per heavy atom. The van der Waals surface area contributed by atoms with E-state index in [0.29, 0.717) is 12.1 Å². The molecule has 1 saturated heterocycles. The number of nitrogens with zero attached hydrogens (tertiary/aromatic N) is 2. The highest BCUT2D eigenvalue weighted by Crippen LogP contribution is 2.35. The number of hydrogen-bond acceptors (Lipinski definition) is 3. The van der Waals surface area contributed by atoms with Crippen LogP contribution in [0.2, 0.25) is 0 Å². The Balaban J connectivity index is 2.28. The third-order valence-corrected chi connectivity index (χ3v) is 3.39. The zero-order valence-electron chi connectivity index (χ0n) is 10.4. The van der Waals surface area contributed by atoms with Gasteiger partial charge in [-0.15, -0.1) is 0 Å². The number of nitrogens with one attached hydrogen (secondary N) is 1. The number of anilines is 1. The number of hydrogen-bond donors (Lipinski definition) is 1. The van der Waals surface area contributed by atoms with Gasteiger partial charge in [0.25, 0.3) is 0 Å². The molecular formula is C13H21N3. The van der Waals surface area contributed by atoms with Crippen molar-refractivity contribution in [2.75, 3.05) is 18.9 Å². The van der Waals surface area contributed by atoms with Crippen LogP contribution in [0.1, 0.15) is 38.3 Å². The lowest BCUT2D eigenvalue weighted by atomic mass is 10.0. The molecule has 1 fully saturated rings. The Morgan fingerprint density at radius 1 is 1.50 bits per heavy atom. The highest BCUT2D eigenvalue weighted by molar-refractivity contribution is 5.45. The number of aromatic nitrogens is 1. The quantitative estimate of drug-likeness (QED) is 0.847. The van der Waals surface area contributed by atoms with Gasteiger partial charge in [0.15, 0.2) is 0 Å². The van der Waals surface area contributed by atoms with Crippen LogP contribution in [0.5, 0.6) is 0 Å². The molecule has 0 saturated carbocycles. The summed E-state index contributed by atoms with van der Waals surface area (Å²) in [7, 11) is 1.94. The summed E-state index contributed by atoms with van der Waals surface area (Å²) in [5, 5.41) is 3.19. The average molecular weight is 219 g/mol. The standard InChI is InChI=1S/C13H21N3/c1-10(2)16-9-5-7-12(16)11-6-4-8-15-13(11)14-3/h4,6,8,10,12H,5,7,9H2,1-3H3,(H,14,15)/t12-/m1/s1. The smallest absolute Gasteiger partial charge is 0.130 e. The van der Waals surface area contributed by atoms with E-state index in [1.54, 1.807) is 0 Å². The van der Waals surface area contributed by atoms with Gasteiger partial charge in [0, 0.05) is 30.9 Å². The van der Waals surface area contributed by atoms with E-state index in [9.17, 15) is 0 Å². The normalized spacial score (nSPS) is 21.6. The Morgan fingerprint density at radius 2 is 2.31 bits per heavy atom. The van der Waals surface area contributed by atoms with Crippen LogP contribution in [-0.2, 0) is 0 Å². The molecule has 1 aliphatic rings. The molecule has 1 aromatic heterocycles. The van der Waals surface area contributed by atoms with Crippen molar-refractivity contribution in [1.29, 1.82) is 0 Å². The molecule has 3 heteroatoms. The second-order valence-corrected chi connectivity index (χ2v) is 4.68. The van der Waals surface area contributed by atoms with E-state index in [1.165, 1.54) is 24.9 Å². The van der Waals surface area contributed by atoms with E-state index in [4.69, 9.17) is 0 Å². The first kappa shape index (κ1) is 11.4. The summed E-state index contributed by atoms with van der Waals surface area (Å²) in [6.45, 7) is 5.75. The second-order valence-electron chi connectivity index (χ2n) is 4.68. The van der Waals surface area contributed by atoms with Crippen molar-refractivity contribution in [2.24, 2.45) is 0 Å². The van der Waals surface area contributed by atoms with Crippen molar-refractivity contribution in [3.05, 3.63) is 23.9 Å². The van der Waals surface area contributed by atoms with Gasteiger partial charge in [0.05, 0.1) is 0 Å². The van der Waals surface area contributed by atoms with Gasteiger partial charge in [-0.25, -0.2) is 4.98 Å². The highest BCUT2D eigenvalue weighted by Gasteiger charge is 2.29. The molecule has 0 bridgehead atoms. The molecule has 0 radical (unpaired) electrons. The number of likely N-dealkylation sites (tertiary alicyclic amines) is 1. The second kappa shape index (κ2) is 4.83. The Hall–Kier alpha value is -1.09. The lowest BCUT2D eigenvalue weighted by molar-refractivity contribution is 0.206. The van der Waals surface area contributed by atoms with Crippen LogP contribution in [0.15, 0.2) is 18.3 Å². The van der Waals surface area contributed by atoms with Crippen molar-refractivity contribution in [1.82, 2.24) is 9.88 Å². The van der Waals surface area contributed by atoms with Gasteiger partial charge in [-0.05, 0) is 39.3 Å². The Bertz CT molecular complexity index is 349. The van der Waals surface area contributed by atoms with Crippen LogP contribution >= 0.6 is 0 Å². The van der Waals surface area contributed by atoms with Crippen LogP contribution in [0.4, 0.5) is 5.82 Å². The van der Waals surface area contributed by atoms with Crippen molar-refractivity contribution in [2.45, 2.75) is 38.8 Å². The van der Waals surface area contributed by atoms with Crippen LogP contribution in [0, 0.1) is 0 Å². The fourth-order valence-corrected chi connectivity index (χ4v) is 2.64. The zero-order chi connectivity index (χ0) is 11.5. The van der Waals surface area contributed by atoms with E-state index in [-0.39, 0.29) is 0 Å². The van der Waals surface area contributed by atoms with E-state index >= 15 is 0 Å². The third kappa shape index (κ3) is 2.05. The lowest BCUT2D eigenvalue weighted by Gasteiger charge is -2.29. The molecule has 2 rings (SSSR count). The minimum Gasteiger partial charge on any atom is -0.373 e. The molecule has 0 unspecified atom stereocenters. The van der Waals surface area contributed by atoms with E-state index in [2.05, 4.69) is 35.1 Å². The molecule has 2 heterocycles. The van der Waals surface area contributed by atoms with E-state index in [1.807, 2.05) is 19.3 Å². The maximum absolute atomic E-state index is 4.40. The largest absolute Gasteiger partial charge is 0.373 e. The van der Waals surface area contributed by atoms with Gasteiger partial charge < -0.3 is 5.32 Å². The van der Waals surface area contributed by atoms with Crippen molar-refractivity contribution in [3.8, 4) is 0 Å². The molecule has 1 atom stereocenters. The monoisotopic (exact) mass is 219 g/mol. The molecule has 0 amide bonds. The Labute approximate surface area is 97.9 Å². The van der Waals surface area contributed by atoms with Crippen molar-refractivity contribution >= 4 is 5.82 Å². The molecule has 1 aromatic rings. The summed E-state index contributed by atoms with van der Waals surface area (Å²) >= 11 is 0. The summed E-state index contributed by atoms with van der Waals surface area (Å²) in [6, 6.07) is 5.38. The Kier molecular flexibility index (Phi) is 3.44. The van der Waals surface area contributed by atoms with Crippen LogP contribution in [-0.4, -0.2) is 29.5 Å². The maximum Gasteiger partial charge on any atom is 0.130 e. The molecular weight excluding hydrogens is 198 g/mol. The van der Waals surface area contributed by atoms with E-state index < -0.39 is 0 Å². The van der Waals surface area contributed by atoms with Gasteiger partial charge in [-0.2, -0.15) is 0 Å². The molecule has 0 aliphatic carbocycles. The van der Waals surface area contributed by atoms with Gasteiger partial charge in [-0.1, -0.05) is 6.07 Å². The fraction of sp³-hybridized carbons (Fsp3) is 0.615. The van der Waals surface area contributed by atoms with Crippen molar-refractivity contribution in [3.63, 3.8) is 0 Å². The lowest BCUT2D eigenvalue weighted by Crippen LogP contribution is -2.30. The summed E-state index contributed by atoms with van der Waals surface area (Å²) in [4.78, 5) is 6.97. The molecule has 1 N–H and O–H groups in total. The van der Waals surface area contributed by atoms with Gasteiger partial charge in [0.1, 0.15) is 5.82 Å². The van der Waals surface area contributed by atoms with Crippen LogP contribution in [0.3, 0.4) is 0 Å². The first-order valence-electron chi connectivity index (χ1n) is 6.12. The minimum atomic E-state index is 0.538. The highest BCUT2D eigenvalue weighted by atomic mass is 15.2. The molecule has 0 aromatic carbocycles.